The van der Waals surface area contributed by atoms with E-state index in [1.54, 1.807) is 0 Å². The summed E-state index contributed by atoms with van der Waals surface area (Å²) in [4.78, 5) is 25.4. The maximum atomic E-state index is 12.7. The Balaban J connectivity index is 2.19. The van der Waals surface area contributed by atoms with Crippen molar-refractivity contribution in [3.63, 3.8) is 0 Å². The Bertz CT molecular complexity index is 659. The third-order valence-corrected chi connectivity index (χ3v) is 3.79. The van der Waals surface area contributed by atoms with Crippen LogP contribution in [0.2, 0.25) is 0 Å². The number of quaternary nitrogens is 1. The third-order valence-electron chi connectivity index (χ3n) is 3.79. The number of hydrogen-bond donors (Lipinski definition) is 3. The van der Waals surface area contributed by atoms with Crippen LogP contribution in [0.1, 0.15) is 24.1 Å². The van der Waals surface area contributed by atoms with Crippen molar-refractivity contribution in [2.45, 2.75) is 19.5 Å². The fraction of sp³-hybridized carbons (Fsp3) is 0.263. The summed E-state index contributed by atoms with van der Waals surface area (Å²) in [5.41, 5.74) is 2.02. The minimum atomic E-state index is -0.464. The van der Waals surface area contributed by atoms with Crippen molar-refractivity contribution in [2.24, 2.45) is 0 Å². The monoisotopic (exact) mass is 326 g/mol. The Labute approximate surface area is 142 Å². The highest BCUT2D eigenvalue weighted by atomic mass is 16.2. The lowest BCUT2D eigenvalue weighted by Gasteiger charge is -2.24. The maximum absolute atomic E-state index is 12.7. The van der Waals surface area contributed by atoms with E-state index in [0.29, 0.717) is 13.1 Å². The summed E-state index contributed by atoms with van der Waals surface area (Å²) in [7, 11) is 1.96. The third kappa shape index (κ3) is 4.93. The van der Waals surface area contributed by atoms with E-state index in [4.69, 9.17) is 0 Å². The number of likely N-dealkylation sites (N-methyl/N-ethyl adjacent to an activating group) is 1. The van der Waals surface area contributed by atoms with Crippen molar-refractivity contribution in [3.05, 3.63) is 71.8 Å². The van der Waals surface area contributed by atoms with Crippen LogP contribution in [0.25, 0.3) is 0 Å². The molecule has 24 heavy (non-hydrogen) atoms. The fourth-order valence-corrected chi connectivity index (χ4v) is 2.71. The van der Waals surface area contributed by atoms with Gasteiger partial charge in [-0.15, -0.1) is 0 Å². The zero-order valence-electron chi connectivity index (χ0n) is 14.1. The molecule has 0 fully saturated rings. The molecule has 3 amide bonds. The minimum Gasteiger partial charge on any atom is -0.338 e. The number of hydrogen-bond acceptors (Lipinski definition) is 2. The van der Waals surface area contributed by atoms with Gasteiger partial charge in [0.05, 0.1) is 7.05 Å². The Kier molecular flexibility index (Phi) is 6.51. The molecule has 0 spiro atoms. The van der Waals surface area contributed by atoms with Crippen molar-refractivity contribution < 1.29 is 14.5 Å². The number of nitrogens with one attached hydrogen (secondary N) is 3. The molecule has 5 nitrogen and oxygen atoms in total. The first-order valence-corrected chi connectivity index (χ1v) is 8.11. The molecule has 0 radical (unpaired) electrons. The topological polar surface area (TPSA) is 62.6 Å². The molecule has 2 aromatic carbocycles. The van der Waals surface area contributed by atoms with Crippen LogP contribution in [0, 0.1) is 0 Å². The summed E-state index contributed by atoms with van der Waals surface area (Å²) in [6, 6.07) is 18.6. The number of imide groups is 1. The highest BCUT2D eigenvalue weighted by Crippen LogP contribution is 2.10. The predicted molar refractivity (Wildman–Crippen MR) is 93.4 cm³/mol. The van der Waals surface area contributed by atoms with Gasteiger partial charge in [-0.05, 0) is 6.92 Å². The molecule has 126 valence electrons. The highest BCUT2D eigenvalue weighted by molar-refractivity contribution is 5.96. The van der Waals surface area contributed by atoms with Crippen LogP contribution in [0.5, 0.6) is 0 Å². The lowest BCUT2D eigenvalue weighted by Crippen LogP contribution is -3.09. The molecule has 0 aromatic heterocycles. The van der Waals surface area contributed by atoms with E-state index in [1.165, 1.54) is 0 Å². The Morgan fingerprint density at radius 1 is 1.00 bits per heavy atom. The summed E-state index contributed by atoms with van der Waals surface area (Å²) in [6.07, 6.45) is 0. The molecule has 0 heterocycles. The number of benzene rings is 2. The number of urea groups is 1. The molecule has 2 atom stereocenters. The van der Waals surface area contributed by atoms with Gasteiger partial charge in [0.2, 0.25) is 0 Å². The molecule has 2 aromatic rings. The van der Waals surface area contributed by atoms with Gasteiger partial charge < -0.3 is 10.2 Å². The zero-order chi connectivity index (χ0) is 17.4. The number of carbonyl (C=O) groups excluding carboxylic acids is 2. The van der Waals surface area contributed by atoms with Gasteiger partial charge in [0.15, 0.2) is 6.04 Å². The van der Waals surface area contributed by atoms with E-state index in [9.17, 15) is 9.59 Å². The van der Waals surface area contributed by atoms with E-state index in [-0.39, 0.29) is 5.91 Å². The molecule has 2 rings (SSSR count). The normalized spacial score (nSPS) is 12.9. The highest BCUT2D eigenvalue weighted by Gasteiger charge is 2.30. The van der Waals surface area contributed by atoms with E-state index < -0.39 is 12.1 Å². The molecular formula is C19H24N3O2+. The largest absolute Gasteiger partial charge is 0.338 e. The molecule has 0 saturated heterocycles. The minimum absolute atomic E-state index is 0.305. The number of rotatable bonds is 6. The van der Waals surface area contributed by atoms with Gasteiger partial charge in [-0.2, -0.15) is 0 Å². The van der Waals surface area contributed by atoms with Gasteiger partial charge in [-0.1, -0.05) is 60.7 Å². The van der Waals surface area contributed by atoms with Crippen LogP contribution < -0.4 is 15.5 Å². The molecule has 0 aliphatic heterocycles. The van der Waals surface area contributed by atoms with Gasteiger partial charge in [-0.3, -0.25) is 10.1 Å². The molecule has 3 N–H and O–H groups in total. The Morgan fingerprint density at radius 2 is 1.58 bits per heavy atom. The van der Waals surface area contributed by atoms with Gasteiger partial charge >= 0.3 is 6.03 Å². The fourth-order valence-electron chi connectivity index (χ4n) is 2.71. The van der Waals surface area contributed by atoms with E-state index in [2.05, 4.69) is 10.6 Å². The molecule has 0 bridgehead atoms. The molecule has 5 heteroatoms. The second-order valence-electron chi connectivity index (χ2n) is 5.70. The van der Waals surface area contributed by atoms with Crippen molar-refractivity contribution in [1.29, 1.82) is 0 Å². The summed E-state index contributed by atoms with van der Waals surface area (Å²) >= 11 is 0. The van der Waals surface area contributed by atoms with Crippen LogP contribution >= 0.6 is 0 Å². The second-order valence-corrected chi connectivity index (χ2v) is 5.70. The summed E-state index contributed by atoms with van der Waals surface area (Å²) in [6.45, 7) is 2.97. The molecular weight excluding hydrogens is 302 g/mol. The Morgan fingerprint density at radius 3 is 2.17 bits per heavy atom. The zero-order valence-corrected chi connectivity index (χ0v) is 14.1. The van der Waals surface area contributed by atoms with Crippen LogP contribution in [0.15, 0.2) is 60.7 Å². The second kappa shape index (κ2) is 8.84. The first kappa shape index (κ1) is 17.7. The van der Waals surface area contributed by atoms with Gasteiger partial charge in [0.1, 0.15) is 6.54 Å². The van der Waals surface area contributed by atoms with Crippen molar-refractivity contribution in [1.82, 2.24) is 10.6 Å². The smallest absolute Gasteiger partial charge is 0.321 e. The van der Waals surface area contributed by atoms with Gasteiger partial charge in [0, 0.05) is 17.7 Å². The summed E-state index contributed by atoms with van der Waals surface area (Å²) in [5, 5.41) is 5.03. The lowest BCUT2D eigenvalue weighted by atomic mass is 10.0. The molecule has 1 unspecified atom stereocenters. The van der Waals surface area contributed by atoms with E-state index in [0.717, 1.165) is 16.0 Å². The van der Waals surface area contributed by atoms with Crippen LogP contribution in [0.4, 0.5) is 4.79 Å². The van der Waals surface area contributed by atoms with Gasteiger partial charge in [0.25, 0.3) is 5.91 Å². The standard InChI is InChI=1S/C19H23N3O2/c1-3-20-19(24)21-18(23)17(16-12-8-5-9-13-16)22(2)14-15-10-6-4-7-11-15/h4-13,17H,3,14H2,1-2H3,(H2,20,21,23,24)/p+1/t17-/m0/s1. The molecule has 0 saturated carbocycles. The Hall–Kier alpha value is -2.66. The van der Waals surface area contributed by atoms with Gasteiger partial charge in [-0.25, -0.2) is 4.79 Å². The maximum Gasteiger partial charge on any atom is 0.321 e. The van der Waals surface area contributed by atoms with E-state index >= 15 is 0 Å². The van der Waals surface area contributed by atoms with Crippen molar-refractivity contribution in [3.8, 4) is 0 Å². The number of carbonyl (C=O) groups is 2. The van der Waals surface area contributed by atoms with Crippen LogP contribution in [-0.4, -0.2) is 25.5 Å². The molecule has 0 aliphatic carbocycles. The van der Waals surface area contributed by atoms with Crippen LogP contribution in [0.3, 0.4) is 0 Å². The predicted octanol–water partition coefficient (Wildman–Crippen LogP) is 1.29. The van der Waals surface area contributed by atoms with Crippen LogP contribution in [-0.2, 0) is 11.3 Å². The lowest BCUT2D eigenvalue weighted by molar-refractivity contribution is -0.916. The summed E-state index contributed by atoms with van der Waals surface area (Å²) in [5.74, 6) is -0.305. The SMILES string of the molecule is CCNC(=O)NC(=O)[C@H](c1ccccc1)[NH+](C)Cc1ccccc1. The average molecular weight is 326 g/mol. The van der Waals surface area contributed by atoms with E-state index in [1.807, 2.05) is 74.6 Å². The van der Waals surface area contributed by atoms with Crippen molar-refractivity contribution in [2.75, 3.05) is 13.6 Å². The first-order chi connectivity index (χ1) is 11.6. The molecule has 0 aliphatic rings. The quantitative estimate of drug-likeness (QED) is 0.749. The first-order valence-electron chi connectivity index (χ1n) is 8.11. The number of amides is 3. The van der Waals surface area contributed by atoms with Crippen molar-refractivity contribution >= 4 is 11.9 Å². The average Bonchev–Trinajstić information content (AvgIpc) is 2.57. The summed E-state index contributed by atoms with van der Waals surface area (Å²) < 4.78 is 0.